The highest BCUT2D eigenvalue weighted by atomic mass is 16.4. The van der Waals surface area contributed by atoms with Gasteiger partial charge in [0.2, 0.25) is 0 Å². The van der Waals surface area contributed by atoms with Gasteiger partial charge in [0.15, 0.2) is 11.2 Å². The van der Waals surface area contributed by atoms with E-state index < -0.39 is 0 Å². The van der Waals surface area contributed by atoms with Crippen LogP contribution in [0.1, 0.15) is 43.0 Å². The van der Waals surface area contributed by atoms with Gasteiger partial charge in [-0.3, -0.25) is 4.57 Å². The highest BCUT2D eigenvalue weighted by Gasteiger charge is 2.18. The predicted octanol–water partition coefficient (Wildman–Crippen LogP) is 3.95. The van der Waals surface area contributed by atoms with E-state index in [0.29, 0.717) is 17.8 Å². The molecule has 0 aliphatic carbocycles. The molecule has 0 saturated carbocycles. The summed E-state index contributed by atoms with van der Waals surface area (Å²) in [6.45, 7) is 11.3. The molecule has 0 N–H and O–H groups in total. The van der Waals surface area contributed by atoms with Crippen molar-refractivity contribution in [1.29, 1.82) is 0 Å². The van der Waals surface area contributed by atoms with Crippen molar-refractivity contribution < 1.29 is 4.42 Å². The number of hydrogen-bond donors (Lipinski definition) is 0. The lowest BCUT2D eigenvalue weighted by Gasteiger charge is -2.22. The van der Waals surface area contributed by atoms with Crippen LogP contribution in [-0.4, -0.2) is 9.55 Å². The molecular weight excluding hydrogens is 288 g/mol. The van der Waals surface area contributed by atoms with E-state index in [-0.39, 0.29) is 11.2 Å². The number of nitrogens with zero attached hydrogens (tertiary/aromatic N) is 2. The monoisotopic (exact) mass is 310 g/mol. The number of pyridine rings is 1. The Bertz CT molecular complexity index is 903. The number of benzene rings is 1. The number of aryl methyl sites for hydroxylation is 2. The van der Waals surface area contributed by atoms with E-state index in [1.807, 2.05) is 0 Å². The predicted molar refractivity (Wildman–Crippen MR) is 92.0 cm³/mol. The Morgan fingerprint density at radius 2 is 1.83 bits per heavy atom. The molecular formula is C19H22N2O2. The zero-order valence-corrected chi connectivity index (χ0v) is 14.3. The molecule has 0 bridgehead atoms. The molecule has 0 aliphatic heterocycles. The zero-order chi connectivity index (χ0) is 16.8. The molecule has 2 aromatic heterocycles. The molecule has 0 radical (unpaired) electrons. The third kappa shape index (κ3) is 2.81. The molecule has 0 saturated heterocycles. The third-order valence-electron chi connectivity index (χ3n) is 4.30. The van der Waals surface area contributed by atoms with Crippen LogP contribution in [0.25, 0.3) is 11.2 Å². The standard InChI is InChI=1S/C19H22N2O2/c1-12-9-14(19(3,4)5)10-13(2)15(12)11-21-17-16(23-18(21)22)7-6-8-20-17/h6-10H,11H2,1-5H3. The molecule has 0 atom stereocenters. The minimum atomic E-state index is -0.364. The molecule has 3 aromatic rings. The highest BCUT2D eigenvalue weighted by Crippen LogP contribution is 2.27. The van der Waals surface area contributed by atoms with Gasteiger partial charge in [-0.05, 0) is 53.6 Å². The van der Waals surface area contributed by atoms with Crippen LogP contribution in [-0.2, 0) is 12.0 Å². The fourth-order valence-electron chi connectivity index (χ4n) is 2.87. The number of rotatable bonds is 2. The molecule has 0 aliphatic rings. The zero-order valence-electron chi connectivity index (χ0n) is 14.3. The summed E-state index contributed by atoms with van der Waals surface area (Å²) < 4.78 is 6.87. The third-order valence-corrected chi connectivity index (χ3v) is 4.30. The van der Waals surface area contributed by atoms with Crippen LogP contribution in [0, 0.1) is 13.8 Å². The van der Waals surface area contributed by atoms with Gasteiger partial charge in [-0.2, -0.15) is 0 Å². The lowest BCUT2D eigenvalue weighted by molar-refractivity contribution is 0.516. The molecule has 4 nitrogen and oxygen atoms in total. The van der Waals surface area contributed by atoms with E-state index in [9.17, 15) is 4.79 Å². The smallest absolute Gasteiger partial charge is 0.406 e. The van der Waals surface area contributed by atoms with Crippen LogP contribution in [0.15, 0.2) is 39.7 Å². The summed E-state index contributed by atoms with van der Waals surface area (Å²) >= 11 is 0. The summed E-state index contributed by atoms with van der Waals surface area (Å²) in [6, 6.07) is 7.96. The minimum Gasteiger partial charge on any atom is -0.406 e. The van der Waals surface area contributed by atoms with E-state index in [1.54, 1.807) is 22.9 Å². The van der Waals surface area contributed by atoms with Crippen molar-refractivity contribution in [2.45, 2.75) is 46.6 Å². The second kappa shape index (κ2) is 5.37. The maximum absolute atomic E-state index is 12.1. The van der Waals surface area contributed by atoms with Gasteiger partial charge in [0, 0.05) is 6.20 Å². The molecule has 120 valence electrons. The molecule has 0 unspecified atom stereocenters. The van der Waals surface area contributed by atoms with Crippen molar-refractivity contribution in [1.82, 2.24) is 9.55 Å². The molecule has 0 fully saturated rings. The van der Waals surface area contributed by atoms with Crippen LogP contribution in [0.3, 0.4) is 0 Å². The summed E-state index contributed by atoms with van der Waals surface area (Å²) in [5.74, 6) is -0.364. The Kier molecular flexibility index (Phi) is 3.63. The first kappa shape index (κ1) is 15.5. The van der Waals surface area contributed by atoms with Crippen molar-refractivity contribution in [2.24, 2.45) is 0 Å². The average molecular weight is 310 g/mol. The first-order valence-electron chi connectivity index (χ1n) is 7.82. The topological polar surface area (TPSA) is 48.0 Å². The van der Waals surface area contributed by atoms with E-state index in [4.69, 9.17) is 4.42 Å². The van der Waals surface area contributed by atoms with Crippen LogP contribution >= 0.6 is 0 Å². The van der Waals surface area contributed by atoms with E-state index in [0.717, 1.165) is 5.56 Å². The summed E-state index contributed by atoms with van der Waals surface area (Å²) in [5, 5.41) is 0. The summed E-state index contributed by atoms with van der Waals surface area (Å²) in [6.07, 6.45) is 1.68. The quantitative estimate of drug-likeness (QED) is 0.720. The fourth-order valence-corrected chi connectivity index (χ4v) is 2.87. The van der Waals surface area contributed by atoms with Crippen molar-refractivity contribution >= 4 is 11.2 Å². The van der Waals surface area contributed by atoms with Crippen LogP contribution in [0.5, 0.6) is 0 Å². The SMILES string of the molecule is Cc1cc(C(C)(C)C)cc(C)c1Cn1c(=O)oc2cccnc21. The number of aromatic nitrogens is 2. The van der Waals surface area contributed by atoms with Crippen molar-refractivity contribution in [3.05, 3.63) is 63.3 Å². The molecule has 0 spiro atoms. The Labute approximate surface area is 135 Å². The molecule has 3 rings (SSSR count). The fraction of sp³-hybridized carbons (Fsp3) is 0.368. The molecule has 2 heterocycles. The van der Waals surface area contributed by atoms with E-state index >= 15 is 0 Å². The second-order valence-corrected chi connectivity index (χ2v) is 7.12. The largest absolute Gasteiger partial charge is 0.421 e. The normalized spacial score (nSPS) is 12.0. The van der Waals surface area contributed by atoms with Gasteiger partial charge >= 0.3 is 5.76 Å². The minimum absolute atomic E-state index is 0.106. The highest BCUT2D eigenvalue weighted by molar-refractivity contribution is 5.67. The summed E-state index contributed by atoms with van der Waals surface area (Å²) in [5.41, 5.74) is 6.05. The lowest BCUT2D eigenvalue weighted by Crippen LogP contribution is -2.18. The van der Waals surface area contributed by atoms with E-state index in [2.05, 4.69) is 51.7 Å². The Morgan fingerprint density at radius 1 is 1.17 bits per heavy atom. The lowest BCUT2D eigenvalue weighted by atomic mass is 9.84. The van der Waals surface area contributed by atoms with Crippen LogP contribution < -0.4 is 5.76 Å². The average Bonchev–Trinajstić information content (AvgIpc) is 2.77. The van der Waals surface area contributed by atoms with Crippen molar-refractivity contribution in [2.75, 3.05) is 0 Å². The summed E-state index contributed by atoms with van der Waals surface area (Å²) in [4.78, 5) is 16.4. The summed E-state index contributed by atoms with van der Waals surface area (Å²) in [7, 11) is 0. The van der Waals surface area contributed by atoms with E-state index in [1.165, 1.54) is 16.7 Å². The Balaban J connectivity index is 2.10. The van der Waals surface area contributed by atoms with Crippen molar-refractivity contribution in [3.8, 4) is 0 Å². The van der Waals surface area contributed by atoms with Gasteiger partial charge in [0.25, 0.3) is 0 Å². The maximum Gasteiger partial charge on any atom is 0.421 e. The first-order valence-corrected chi connectivity index (χ1v) is 7.82. The van der Waals surface area contributed by atoms with Gasteiger partial charge in [-0.25, -0.2) is 9.78 Å². The van der Waals surface area contributed by atoms with Gasteiger partial charge < -0.3 is 4.42 Å². The number of fused-ring (bicyclic) bond motifs is 1. The molecule has 23 heavy (non-hydrogen) atoms. The molecule has 4 heteroatoms. The Hall–Kier alpha value is -2.36. The van der Waals surface area contributed by atoms with Crippen LogP contribution in [0.2, 0.25) is 0 Å². The van der Waals surface area contributed by atoms with Crippen molar-refractivity contribution in [3.63, 3.8) is 0 Å². The van der Waals surface area contributed by atoms with Gasteiger partial charge in [-0.15, -0.1) is 0 Å². The van der Waals surface area contributed by atoms with Gasteiger partial charge in [0.05, 0.1) is 6.54 Å². The molecule has 1 aromatic carbocycles. The number of hydrogen-bond acceptors (Lipinski definition) is 3. The van der Waals surface area contributed by atoms with Gasteiger partial charge in [-0.1, -0.05) is 32.9 Å². The second-order valence-electron chi connectivity index (χ2n) is 7.12. The maximum atomic E-state index is 12.1. The van der Waals surface area contributed by atoms with Crippen LogP contribution in [0.4, 0.5) is 0 Å². The Morgan fingerprint density at radius 3 is 2.43 bits per heavy atom. The first-order chi connectivity index (χ1) is 10.8. The number of oxazole rings is 1. The molecule has 0 amide bonds. The van der Waals surface area contributed by atoms with Gasteiger partial charge in [0.1, 0.15) is 0 Å².